The minimum Gasteiger partial charge on any atom is -0.399 e. The Morgan fingerprint density at radius 1 is 1.04 bits per heavy atom. The number of oxime groups is 2. The van der Waals surface area contributed by atoms with Gasteiger partial charge in [-0.05, 0) is 57.0 Å². The number of nitrogens with zero attached hydrogens (tertiary/aromatic N) is 2. The van der Waals surface area contributed by atoms with E-state index in [1.54, 1.807) is 0 Å². The largest absolute Gasteiger partial charge is 0.399 e. The minimum atomic E-state index is 0.357. The summed E-state index contributed by atoms with van der Waals surface area (Å²) in [6, 6.07) is 11.9. The van der Waals surface area contributed by atoms with E-state index in [1.165, 1.54) is 7.11 Å². The van der Waals surface area contributed by atoms with Gasteiger partial charge in [0.05, 0.1) is 11.4 Å². The first-order valence-electron chi connectivity index (χ1n) is 8.03. The van der Waals surface area contributed by atoms with Crippen molar-refractivity contribution in [3.8, 4) is 0 Å². The molecule has 2 rings (SSSR count). The molecule has 0 aliphatic carbocycles. The van der Waals surface area contributed by atoms with Crippen molar-refractivity contribution in [2.45, 2.75) is 34.3 Å². The summed E-state index contributed by atoms with van der Waals surface area (Å²) < 4.78 is 0. The van der Waals surface area contributed by atoms with Gasteiger partial charge in [0.2, 0.25) is 0 Å². The molecule has 132 valence electrons. The third-order valence-electron chi connectivity index (χ3n) is 3.90. The Hall–Kier alpha value is -2.33. The number of aryl methyl sites for hydroxylation is 2. The fourth-order valence-corrected chi connectivity index (χ4v) is 2.90. The average molecular weight is 359 g/mol. The second-order valence-corrected chi connectivity index (χ2v) is 6.36. The second-order valence-electron chi connectivity index (χ2n) is 5.93. The molecule has 0 spiro atoms. The van der Waals surface area contributed by atoms with Gasteiger partial charge in [-0.15, -0.1) is 0 Å². The summed E-state index contributed by atoms with van der Waals surface area (Å²) >= 11 is 6.11. The first-order chi connectivity index (χ1) is 11.9. The molecule has 0 heterocycles. The highest BCUT2D eigenvalue weighted by Crippen LogP contribution is 2.18. The monoisotopic (exact) mass is 358 g/mol. The molecule has 0 N–H and O–H groups in total. The van der Waals surface area contributed by atoms with Gasteiger partial charge < -0.3 is 9.68 Å². The quantitative estimate of drug-likeness (QED) is 0.521. The lowest BCUT2D eigenvalue weighted by Gasteiger charge is -2.11. The molecule has 0 aliphatic heterocycles. The van der Waals surface area contributed by atoms with E-state index in [9.17, 15) is 0 Å². The summed E-state index contributed by atoms with van der Waals surface area (Å²) in [6.45, 7) is 8.21. The Kier molecular flexibility index (Phi) is 6.59. The molecule has 5 heteroatoms. The van der Waals surface area contributed by atoms with Gasteiger partial charge in [0.15, 0.2) is 0 Å². The van der Waals surface area contributed by atoms with Crippen LogP contribution in [-0.4, -0.2) is 18.5 Å². The zero-order valence-corrected chi connectivity index (χ0v) is 16.0. The second kappa shape index (κ2) is 8.67. The SMILES string of the molecule is CO/N=C(/C)c1cccc(C)c1CO/N=C(\C)c1cc(C)cc(Cl)c1. The van der Waals surface area contributed by atoms with E-state index in [-0.39, 0.29) is 0 Å². The molecular weight excluding hydrogens is 336 g/mol. The normalized spacial score (nSPS) is 12.2. The number of halogens is 1. The Morgan fingerprint density at radius 3 is 2.48 bits per heavy atom. The number of benzene rings is 2. The summed E-state index contributed by atoms with van der Waals surface area (Å²) in [5.41, 5.74) is 6.78. The average Bonchev–Trinajstić information content (AvgIpc) is 2.55. The fourth-order valence-electron chi connectivity index (χ4n) is 2.61. The fraction of sp³-hybridized carbons (Fsp3) is 0.300. The van der Waals surface area contributed by atoms with Crippen LogP contribution in [0.1, 0.15) is 41.7 Å². The van der Waals surface area contributed by atoms with E-state index >= 15 is 0 Å². The number of hydrogen-bond acceptors (Lipinski definition) is 4. The lowest BCUT2D eigenvalue weighted by Crippen LogP contribution is -2.05. The Morgan fingerprint density at radius 2 is 1.80 bits per heavy atom. The van der Waals surface area contributed by atoms with Crippen molar-refractivity contribution >= 4 is 23.0 Å². The summed E-state index contributed by atoms with van der Waals surface area (Å²) in [5, 5.41) is 8.96. The molecule has 25 heavy (non-hydrogen) atoms. The van der Waals surface area contributed by atoms with E-state index in [2.05, 4.69) is 10.3 Å². The highest BCUT2D eigenvalue weighted by molar-refractivity contribution is 6.31. The summed E-state index contributed by atoms with van der Waals surface area (Å²) in [6.07, 6.45) is 0. The van der Waals surface area contributed by atoms with Gasteiger partial charge >= 0.3 is 0 Å². The van der Waals surface area contributed by atoms with Gasteiger partial charge in [-0.2, -0.15) is 0 Å². The van der Waals surface area contributed by atoms with E-state index in [1.807, 2.05) is 64.1 Å². The van der Waals surface area contributed by atoms with Gasteiger partial charge in [0, 0.05) is 21.7 Å². The van der Waals surface area contributed by atoms with E-state index in [0.29, 0.717) is 11.6 Å². The van der Waals surface area contributed by atoms with Gasteiger partial charge in [0.1, 0.15) is 13.7 Å². The van der Waals surface area contributed by atoms with Gasteiger partial charge in [-0.3, -0.25) is 0 Å². The van der Waals surface area contributed by atoms with Crippen molar-refractivity contribution in [3.63, 3.8) is 0 Å². The molecule has 0 aliphatic rings. The molecule has 0 saturated carbocycles. The maximum Gasteiger partial charge on any atom is 0.143 e. The Balaban J connectivity index is 2.20. The predicted molar refractivity (Wildman–Crippen MR) is 104 cm³/mol. The highest BCUT2D eigenvalue weighted by atomic mass is 35.5. The zero-order valence-electron chi connectivity index (χ0n) is 15.3. The van der Waals surface area contributed by atoms with Crippen molar-refractivity contribution < 1.29 is 9.68 Å². The van der Waals surface area contributed by atoms with Crippen LogP contribution >= 0.6 is 11.6 Å². The number of hydrogen-bond donors (Lipinski definition) is 0. The van der Waals surface area contributed by atoms with Crippen molar-refractivity contribution in [2.24, 2.45) is 10.3 Å². The smallest absolute Gasteiger partial charge is 0.143 e. The van der Waals surface area contributed by atoms with Crippen LogP contribution in [-0.2, 0) is 16.3 Å². The lowest BCUT2D eigenvalue weighted by atomic mass is 10.00. The number of rotatable bonds is 6. The highest BCUT2D eigenvalue weighted by Gasteiger charge is 2.10. The van der Waals surface area contributed by atoms with Crippen LogP contribution in [0, 0.1) is 13.8 Å². The van der Waals surface area contributed by atoms with E-state index < -0.39 is 0 Å². The molecule has 0 aromatic heterocycles. The Labute approximate surface area is 154 Å². The molecule has 0 bridgehead atoms. The molecule has 4 nitrogen and oxygen atoms in total. The first-order valence-corrected chi connectivity index (χ1v) is 8.41. The third-order valence-corrected chi connectivity index (χ3v) is 4.12. The topological polar surface area (TPSA) is 43.2 Å². The summed E-state index contributed by atoms with van der Waals surface area (Å²) in [5.74, 6) is 0. The van der Waals surface area contributed by atoms with Crippen LogP contribution in [0.4, 0.5) is 0 Å². The molecule has 0 radical (unpaired) electrons. The van der Waals surface area contributed by atoms with E-state index in [0.717, 1.165) is 39.2 Å². The lowest BCUT2D eigenvalue weighted by molar-refractivity contribution is 0.130. The van der Waals surface area contributed by atoms with Crippen LogP contribution in [0.15, 0.2) is 46.7 Å². The molecule has 0 unspecified atom stereocenters. The van der Waals surface area contributed by atoms with Crippen molar-refractivity contribution in [1.82, 2.24) is 0 Å². The van der Waals surface area contributed by atoms with E-state index in [4.69, 9.17) is 21.3 Å². The predicted octanol–water partition coefficient (Wildman–Crippen LogP) is 5.27. The molecule has 0 saturated heterocycles. The third kappa shape index (κ3) is 5.07. The van der Waals surface area contributed by atoms with Gasteiger partial charge in [-0.25, -0.2) is 0 Å². The first kappa shape index (κ1) is 19.0. The Bertz CT molecular complexity index is 793. The summed E-state index contributed by atoms with van der Waals surface area (Å²) in [7, 11) is 1.54. The van der Waals surface area contributed by atoms with Crippen molar-refractivity contribution in [3.05, 3.63) is 69.2 Å². The minimum absolute atomic E-state index is 0.357. The van der Waals surface area contributed by atoms with Crippen molar-refractivity contribution in [2.75, 3.05) is 7.11 Å². The standard InChI is InChI=1S/C20H23ClN2O2/c1-13-9-17(11-18(21)10-13)15(3)23-25-12-20-14(2)7-6-8-19(20)16(4)22-24-5/h6-11H,12H2,1-5H3/b22-16-,23-15+. The van der Waals surface area contributed by atoms with Gasteiger partial charge in [0.25, 0.3) is 0 Å². The molecule has 2 aromatic rings. The van der Waals surface area contributed by atoms with Crippen LogP contribution in [0.25, 0.3) is 0 Å². The molecule has 0 fully saturated rings. The van der Waals surface area contributed by atoms with Crippen LogP contribution in [0.2, 0.25) is 5.02 Å². The zero-order chi connectivity index (χ0) is 18.4. The van der Waals surface area contributed by atoms with Crippen LogP contribution < -0.4 is 0 Å². The van der Waals surface area contributed by atoms with Gasteiger partial charge in [-0.1, -0.05) is 40.1 Å². The van der Waals surface area contributed by atoms with Crippen LogP contribution in [0.3, 0.4) is 0 Å². The summed E-state index contributed by atoms with van der Waals surface area (Å²) in [4.78, 5) is 10.5. The molecule has 2 aromatic carbocycles. The van der Waals surface area contributed by atoms with Crippen molar-refractivity contribution in [1.29, 1.82) is 0 Å². The molecular formula is C20H23ClN2O2. The molecule has 0 atom stereocenters. The molecule has 0 amide bonds. The van der Waals surface area contributed by atoms with Crippen LogP contribution in [0.5, 0.6) is 0 Å². The maximum absolute atomic E-state index is 6.11. The maximum atomic E-state index is 6.11.